The molecule has 0 aliphatic carbocycles. The summed E-state index contributed by atoms with van der Waals surface area (Å²) in [5.41, 5.74) is 2.52. The van der Waals surface area contributed by atoms with Crippen molar-refractivity contribution in [1.82, 2.24) is 4.90 Å². The normalized spacial score (nSPS) is 13.1. The Balaban J connectivity index is 2.33. The highest BCUT2D eigenvalue weighted by Crippen LogP contribution is 2.10. The van der Waals surface area contributed by atoms with Crippen molar-refractivity contribution < 1.29 is 0 Å². The van der Waals surface area contributed by atoms with E-state index in [0.29, 0.717) is 12.0 Å². The van der Waals surface area contributed by atoms with Gasteiger partial charge in [0.15, 0.2) is 0 Å². The molecule has 0 heterocycles. The topological polar surface area (TPSA) is 15.3 Å². The first-order valence-electron chi connectivity index (χ1n) is 6.51. The van der Waals surface area contributed by atoms with Crippen molar-refractivity contribution in [2.45, 2.75) is 33.7 Å². The molecule has 96 valence electrons. The molecule has 2 heteroatoms. The molecule has 0 radical (unpaired) electrons. The molecule has 1 atom stereocenters. The van der Waals surface area contributed by atoms with Gasteiger partial charge in [-0.3, -0.25) is 0 Å². The van der Waals surface area contributed by atoms with Crippen molar-refractivity contribution in [3.8, 4) is 0 Å². The van der Waals surface area contributed by atoms with Crippen LogP contribution >= 0.6 is 0 Å². The molecule has 1 rings (SSSR count). The lowest BCUT2D eigenvalue weighted by Crippen LogP contribution is -2.36. The molecule has 0 aromatic heterocycles. The number of nitrogens with zero attached hydrogens (tertiary/aromatic N) is 1. The molecule has 17 heavy (non-hydrogen) atoms. The van der Waals surface area contributed by atoms with Crippen LogP contribution in [0.15, 0.2) is 24.3 Å². The van der Waals surface area contributed by atoms with E-state index in [0.717, 1.165) is 13.1 Å². The highest BCUT2D eigenvalue weighted by atomic mass is 15.1. The minimum Gasteiger partial charge on any atom is -0.384 e. The lowest BCUT2D eigenvalue weighted by atomic mass is 10.1. The van der Waals surface area contributed by atoms with Crippen LogP contribution < -0.4 is 5.32 Å². The second-order valence-corrected chi connectivity index (χ2v) is 5.26. The third kappa shape index (κ3) is 4.78. The molecule has 0 bridgehead atoms. The van der Waals surface area contributed by atoms with Crippen molar-refractivity contribution in [2.75, 3.05) is 25.5 Å². The fourth-order valence-electron chi connectivity index (χ4n) is 1.84. The van der Waals surface area contributed by atoms with Crippen molar-refractivity contribution in [3.63, 3.8) is 0 Å². The van der Waals surface area contributed by atoms with Gasteiger partial charge in [0.05, 0.1) is 0 Å². The van der Waals surface area contributed by atoms with Crippen LogP contribution in [0, 0.1) is 12.8 Å². The summed E-state index contributed by atoms with van der Waals surface area (Å²) in [6.07, 6.45) is 0. The number of likely N-dealkylation sites (N-methyl/N-ethyl adjacent to an activating group) is 1. The molecular weight excluding hydrogens is 208 g/mol. The summed E-state index contributed by atoms with van der Waals surface area (Å²) in [6.45, 7) is 11.0. The number of benzene rings is 1. The average Bonchev–Trinajstić information content (AvgIpc) is 2.27. The molecule has 1 N–H and O–H groups in total. The van der Waals surface area contributed by atoms with Gasteiger partial charge in [-0.1, -0.05) is 26.0 Å². The SMILES string of the molecule is Cc1cccc(NCCN(C)C(C)C(C)C)c1. The van der Waals surface area contributed by atoms with Gasteiger partial charge in [-0.05, 0) is 44.5 Å². The summed E-state index contributed by atoms with van der Waals surface area (Å²) in [4.78, 5) is 2.41. The molecular formula is C15H26N2. The van der Waals surface area contributed by atoms with Crippen LogP contribution in [0.1, 0.15) is 26.3 Å². The lowest BCUT2D eigenvalue weighted by Gasteiger charge is -2.27. The molecule has 0 aliphatic rings. The van der Waals surface area contributed by atoms with E-state index in [1.807, 2.05) is 0 Å². The Morgan fingerprint density at radius 3 is 2.53 bits per heavy atom. The number of nitrogens with one attached hydrogen (secondary N) is 1. The standard InChI is InChI=1S/C15H26N2/c1-12(2)14(4)17(5)10-9-16-15-8-6-7-13(3)11-15/h6-8,11-12,14,16H,9-10H2,1-5H3. The van der Waals surface area contributed by atoms with Gasteiger partial charge in [0.2, 0.25) is 0 Å². The quantitative estimate of drug-likeness (QED) is 0.811. The van der Waals surface area contributed by atoms with Gasteiger partial charge in [0, 0.05) is 24.8 Å². The lowest BCUT2D eigenvalue weighted by molar-refractivity contribution is 0.215. The van der Waals surface area contributed by atoms with Gasteiger partial charge in [0.25, 0.3) is 0 Å². The third-order valence-electron chi connectivity index (χ3n) is 3.47. The molecule has 0 saturated heterocycles. The molecule has 0 amide bonds. The van der Waals surface area contributed by atoms with Crippen molar-refractivity contribution >= 4 is 5.69 Å². The molecule has 0 fully saturated rings. The van der Waals surface area contributed by atoms with E-state index >= 15 is 0 Å². The van der Waals surface area contributed by atoms with Crippen LogP contribution in [-0.4, -0.2) is 31.1 Å². The van der Waals surface area contributed by atoms with Crippen molar-refractivity contribution in [2.24, 2.45) is 5.92 Å². The Hall–Kier alpha value is -1.02. The summed E-state index contributed by atoms with van der Waals surface area (Å²) in [5.74, 6) is 0.707. The van der Waals surface area contributed by atoms with Gasteiger partial charge in [0.1, 0.15) is 0 Å². The fraction of sp³-hybridized carbons (Fsp3) is 0.600. The maximum absolute atomic E-state index is 3.47. The highest BCUT2D eigenvalue weighted by Gasteiger charge is 2.11. The van der Waals surface area contributed by atoms with Crippen LogP contribution in [0.5, 0.6) is 0 Å². The Morgan fingerprint density at radius 2 is 1.94 bits per heavy atom. The van der Waals surface area contributed by atoms with E-state index in [2.05, 4.69) is 69.2 Å². The predicted molar refractivity (Wildman–Crippen MR) is 76.6 cm³/mol. The Labute approximate surface area is 106 Å². The van der Waals surface area contributed by atoms with E-state index in [-0.39, 0.29) is 0 Å². The fourth-order valence-corrected chi connectivity index (χ4v) is 1.84. The van der Waals surface area contributed by atoms with Gasteiger partial charge in [-0.2, -0.15) is 0 Å². The van der Waals surface area contributed by atoms with Crippen LogP contribution in [0.2, 0.25) is 0 Å². The smallest absolute Gasteiger partial charge is 0.0343 e. The van der Waals surface area contributed by atoms with Crippen LogP contribution in [-0.2, 0) is 0 Å². The Morgan fingerprint density at radius 1 is 1.24 bits per heavy atom. The van der Waals surface area contributed by atoms with E-state index in [4.69, 9.17) is 0 Å². The average molecular weight is 234 g/mol. The number of rotatable bonds is 6. The zero-order valence-electron chi connectivity index (χ0n) is 11.8. The number of aryl methyl sites for hydroxylation is 1. The third-order valence-corrected chi connectivity index (χ3v) is 3.47. The zero-order chi connectivity index (χ0) is 12.8. The molecule has 0 saturated carbocycles. The molecule has 2 nitrogen and oxygen atoms in total. The number of anilines is 1. The first-order valence-corrected chi connectivity index (χ1v) is 6.51. The maximum atomic E-state index is 3.47. The van der Waals surface area contributed by atoms with E-state index < -0.39 is 0 Å². The van der Waals surface area contributed by atoms with Crippen LogP contribution in [0.25, 0.3) is 0 Å². The summed E-state index contributed by atoms with van der Waals surface area (Å²) < 4.78 is 0. The minimum atomic E-state index is 0.634. The monoisotopic (exact) mass is 234 g/mol. The van der Waals surface area contributed by atoms with Gasteiger partial charge in [-0.15, -0.1) is 0 Å². The predicted octanol–water partition coefficient (Wildman–Crippen LogP) is 3.38. The largest absolute Gasteiger partial charge is 0.384 e. The van der Waals surface area contributed by atoms with Crippen LogP contribution in [0.3, 0.4) is 0 Å². The van der Waals surface area contributed by atoms with Crippen molar-refractivity contribution in [1.29, 1.82) is 0 Å². The second kappa shape index (κ2) is 6.65. The zero-order valence-corrected chi connectivity index (χ0v) is 11.8. The van der Waals surface area contributed by atoms with Crippen LogP contribution in [0.4, 0.5) is 5.69 Å². The number of hydrogen-bond acceptors (Lipinski definition) is 2. The van der Waals surface area contributed by atoms with E-state index in [1.54, 1.807) is 0 Å². The summed E-state index contributed by atoms with van der Waals surface area (Å²) in [7, 11) is 2.20. The maximum Gasteiger partial charge on any atom is 0.0343 e. The minimum absolute atomic E-state index is 0.634. The van der Waals surface area contributed by atoms with E-state index in [9.17, 15) is 0 Å². The van der Waals surface area contributed by atoms with E-state index in [1.165, 1.54) is 11.3 Å². The first-order chi connectivity index (χ1) is 8.00. The summed E-state index contributed by atoms with van der Waals surface area (Å²) in [6, 6.07) is 9.16. The Bertz CT molecular complexity index is 333. The summed E-state index contributed by atoms with van der Waals surface area (Å²) in [5, 5.41) is 3.47. The van der Waals surface area contributed by atoms with Gasteiger partial charge in [-0.25, -0.2) is 0 Å². The highest BCUT2D eigenvalue weighted by molar-refractivity contribution is 5.45. The van der Waals surface area contributed by atoms with Crippen molar-refractivity contribution in [3.05, 3.63) is 29.8 Å². The Kier molecular flexibility index (Phi) is 5.49. The first kappa shape index (κ1) is 14.0. The van der Waals surface area contributed by atoms with Gasteiger partial charge >= 0.3 is 0 Å². The molecule has 0 aliphatic heterocycles. The molecule has 1 aromatic rings. The summed E-state index contributed by atoms with van der Waals surface area (Å²) >= 11 is 0. The molecule has 0 spiro atoms. The second-order valence-electron chi connectivity index (χ2n) is 5.26. The van der Waals surface area contributed by atoms with Gasteiger partial charge < -0.3 is 10.2 Å². The molecule has 1 unspecified atom stereocenters. The molecule has 1 aromatic carbocycles. The number of hydrogen-bond donors (Lipinski definition) is 1.